The molecular weight excluding hydrogens is 298 g/mol. The van der Waals surface area contributed by atoms with Crippen molar-refractivity contribution in [3.05, 3.63) is 35.2 Å². The summed E-state index contributed by atoms with van der Waals surface area (Å²) in [6.07, 6.45) is 0. The van der Waals surface area contributed by atoms with Gasteiger partial charge in [0.25, 0.3) is 0 Å². The molecule has 0 aliphatic heterocycles. The highest BCUT2D eigenvalue weighted by Crippen LogP contribution is 2.18. The van der Waals surface area contributed by atoms with Gasteiger partial charge in [-0.15, -0.1) is 10.2 Å². The highest BCUT2D eigenvalue weighted by Gasteiger charge is 2.22. The SMILES string of the molecule is Cc1ccc(S(=O)(=O)NC(C)c2nn[nH]n2)cc1C(=O)O. The summed E-state index contributed by atoms with van der Waals surface area (Å²) >= 11 is 0. The molecule has 1 aromatic heterocycles. The molecule has 1 unspecified atom stereocenters. The third kappa shape index (κ3) is 3.23. The van der Waals surface area contributed by atoms with Crippen LogP contribution in [0, 0.1) is 6.92 Å². The minimum Gasteiger partial charge on any atom is -0.478 e. The van der Waals surface area contributed by atoms with Crippen LogP contribution in [0.25, 0.3) is 0 Å². The van der Waals surface area contributed by atoms with Crippen molar-refractivity contribution in [1.82, 2.24) is 25.3 Å². The number of H-pyrrole nitrogens is 1. The molecule has 1 heterocycles. The Morgan fingerprint density at radius 2 is 2.14 bits per heavy atom. The lowest BCUT2D eigenvalue weighted by atomic mass is 10.1. The van der Waals surface area contributed by atoms with Crippen LogP contribution in [0.5, 0.6) is 0 Å². The molecule has 0 spiro atoms. The lowest BCUT2D eigenvalue weighted by Crippen LogP contribution is -2.28. The van der Waals surface area contributed by atoms with E-state index in [1.807, 2.05) is 0 Å². The van der Waals surface area contributed by atoms with Gasteiger partial charge in [0.2, 0.25) is 10.0 Å². The van der Waals surface area contributed by atoms with Crippen LogP contribution in [0.1, 0.15) is 34.7 Å². The molecule has 21 heavy (non-hydrogen) atoms. The molecule has 1 atom stereocenters. The molecule has 9 nitrogen and oxygen atoms in total. The van der Waals surface area contributed by atoms with Crippen molar-refractivity contribution in [2.24, 2.45) is 0 Å². The molecule has 0 amide bonds. The molecular formula is C11H13N5O4S. The van der Waals surface area contributed by atoms with E-state index in [0.29, 0.717) is 5.56 Å². The quantitative estimate of drug-likeness (QED) is 0.719. The van der Waals surface area contributed by atoms with Crippen LogP contribution in [0.3, 0.4) is 0 Å². The van der Waals surface area contributed by atoms with Gasteiger partial charge in [0.15, 0.2) is 5.82 Å². The summed E-state index contributed by atoms with van der Waals surface area (Å²) in [4.78, 5) is 10.9. The lowest BCUT2D eigenvalue weighted by Gasteiger charge is -2.12. The fourth-order valence-electron chi connectivity index (χ4n) is 1.71. The molecule has 0 saturated carbocycles. The number of carboxylic acids is 1. The second-order valence-corrected chi connectivity index (χ2v) is 6.11. The van der Waals surface area contributed by atoms with Crippen molar-refractivity contribution < 1.29 is 18.3 Å². The zero-order chi connectivity index (χ0) is 15.6. The molecule has 112 valence electrons. The van der Waals surface area contributed by atoms with Crippen molar-refractivity contribution in [3.8, 4) is 0 Å². The number of rotatable bonds is 5. The molecule has 0 aliphatic rings. The Balaban J connectivity index is 2.32. The smallest absolute Gasteiger partial charge is 0.335 e. The van der Waals surface area contributed by atoms with Crippen molar-refractivity contribution in [2.45, 2.75) is 24.8 Å². The van der Waals surface area contributed by atoms with Crippen molar-refractivity contribution in [3.63, 3.8) is 0 Å². The van der Waals surface area contributed by atoms with Gasteiger partial charge in [0, 0.05) is 0 Å². The van der Waals surface area contributed by atoms with Gasteiger partial charge in [-0.1, -0.05) is 11.3 Å². The number of carboxylic acid groups (broad SMARTS) is 1. The van der Waals surface area contributed by atoms with E-state index in [1.165, 1.54) is 12.1 Å². The maximum absolute atomic E-state index is 12.2. The van der Waals surface area contributed by atoms with E-state index in [1.54, 1.807) is 13.8 Å². The zero-order valence-corrected chi connectivity index (χ0v) is 12.0. The van der Waals surface area contributed by atoms with Crippen molar-refractivity contribution >= 4 is 16.0 Å². The first kappa shape index (κ1) is 15.1. The Kier molecular flexibility index (Phi) is 4.00. The number of hydrogen-bond acceptors (Lipinski definition) is 6. The number of aromatic carboxylic acids is 1. The normalized spacial score (nSPS) is 13.0. The number of nitrogens with zero attached hydrogens (tertiary/aromatic N) is 3. The minimum absolute atomic E-state index is 0.0647. The Hall–Kier alpha value is -2.33. The number of nitrogens with one attached hydrogen (secondary N) is 2. The standard InChI is InChI=1S/C11H13N5O4S/c1-6-3-4-8(5-9(6)11(17)18)21(19,20)14-7(2)10-12-15-16-13-10/h3-5,7,14H,1-2H3,(H,17,18)(H,12,13,15,16). The second kappa shape index (κ2) is 5.58. The van der Waals surface area contributed by atoms with Gasteiger partial charge in [-0.25, -0.2) is 17.9 Å². The molecule has 3 N–H and O–H groups in total. The minimum atomic E-state index is -3.89. The van der Waals surface area contributed by atoms with Crippen LogP contribution >= 0.6 is 0 Å². The lowest BCUT2D eigenvalue weighted by molar-refractivity contribution is 0.0696. The maximum atomic E-state index is 12.2. The second-order valence-electron chi connectivity index (χ2n) is 4.39. The first-order chi connectivity index (χ1) is 9.81. The number of aromatic nitrogens is 4. The molecule has 0 radical (unpaired) electrons. The number of tetrazole rings is 1. The van der Waals surface area contributed by atoms with E-state index in [2.05, 4.69) is 25.3 Å². The summed E-state index contributed by atoms with van der Waals surface area (Å²) in [6.45, 7) is 3.14. The van der Waals surface area contributed by atoms with Gasteiger partial charge in [-0.05, 0) is 31.5 Å². The molecule has 0 aliphatic carbocycles. The zero-order valence-electron chi connectivity index (χ0n) is 11.2. The number of carbonyl (C=O) groups is 1. The van der Waals surface area contributed by atoms with Gasteiger partial charge in [-0.2, -0.15) is 5.21 Å². The first-order valence-corrected chi connectivity index (χ1v) is 7.39. The van der Waals surface area contributed by atoms with Crippen LogP contribution in [-0.2, 0) is 10.0 Å². The Bertz CT molecular complexity index is 757. The summed E-state index contributed by atoms with van der Waals surface area (Å²) < 4.78 is 26.8. The van der Waals surface area contributed by atoms with E-state index < -0.39 is 22.0 Å². The number of hydrogen-bond donors (Lipinski definition) is 3. The van der Waals surface area contributed by atoms with E-state index in [9.17, 15) is 13.2 Å². The molecule has 0 bridgehead atoms. The fourth-order valence-corrected chi connectivity index (χ4v) is 2.93. The van der Waals surface area contributed by atoms with Crippen LogP contribution in [0.15, 0.2) is 23.1 Å². The number of aromatic amines is 1. The van der Waals surface area contributed by atoms with Gasteiger partial charge in [0.1, 0.15) is 0 Å². The fraction of sp³-hybridized carbons (Fsp3) is 0.273. The average molecular weight is 311 g/mol. The predicted molar refractivity (Wildman–Crippen MR) is 71.1 cm³/mol. The van der Waals surface area contributed by atoms with Gasteiger partial charge < -0.3 is 5.11 Å². The molecule has 1 aromatic carbocycles. The summed E-state index contributed by atoms with van der Waals surface area (Å²) in [5.41, 5.74) is 0.415. The Morgan fingerprint density at radius 1 is 1.43 bits per heavy atom. The molecule has 0 fully saturated rings. The summed E-state index contributed by atoms with van der Waals surface area (Å²) in [5, 5.41) is 22.0. The molecule has 0 saturated heterocycles. The third-order valence-corrected chi connectivity index (χ3v) is 4.37. The highest BCUT2D eigenvalue weighted by atomic mass is 32.2. The van der Waals surface area contributed by atoms with Crippen LogP contribution in [-0.4, -0.2) is 40.1 Å². The highest BCUT2D eigenvalue weighted by molar-refractivity contribution is 7.89. The van der Waals surface area contributed by atoms with E-state index >= 15 is 0 Å². The van der Waals surface area contributed by atoms with Crippen molar-refractivity contribution in [2.75, 3.05) is 0 Å². The van der Waals surface area contributed by atoms with Gasteiger partial charge >= 0.3 is 5.97 Å². The molecule has 2 rings (SSSR count). The average Bonchev–Trinajstić information content (AvgIpc) is 2.92. The van der Waals surface area contributed by atoms with Gasteiger partial charge in [0.05, 0.1) is 16.5 Å². The number of aryl methyl sites for hydroxylation is 1. The number of benzene rings is 1. The van der Waals surface area contributed by atoms with Crippen LogP contribution in [0.2, 0.25) is 0 Å². The Morgan fingerprint density at radius 3 is 2.71 bits per heavy atom. The predicted octanol–water partition coefficient (Wildman–Crippen LogP) is 0.246. The summed E-state index contributed by atoms with van der Waals surface area (Å²) in [6, 6.07) is 3.19. The Labute approximate surface area is 120 Å². The van der Waals surface area contributed by atoms with E-state index in [4.69, 9.17) is 5.11 Å². The summed E-state index contributed by atoms with van der Waals surface area (Å²) in [5.74, 6) is -1.00. The topological polar surface area (TPSA) is 138 Å². The van der Waals surface area contributed by atoms with Crippen LogP contribution in [0.4, 0.5) is 0 Å². The number of sulfonamides is 1. The maximum Gasteiger partial charge on any atom is 0.335 e. The van der Waals surface area contributed by atoms with Crippen LogP contribution < -0.4 is 4.72 Å². The largest absolute Gasteiger partial charge is 0.478 e. The third-order valence-electron chi connectivity index (χ3n) is 2.83. The monoisotopic (exact) mass is 311 g/mol. The van der Waals surface area contributed by atoms with Gasteiger partial charge in [-0.3, -0.25) is 0 Å². The first-order valence-electron chi connectivity index (χ1n) is 5.91. The molecule has 2 aromatic rings. The molecule has 10 heteroatoms. The van der Waals surface area contributed by atoms with E-state index in [0.717, 1.165) is 6.07 Å². The van der Waals surface area contributed by atoms with Crippen molar-refractivity contribution in [1.29, 1.82) is 0 Å². The summed E-state index contributed by atoms with van der Waals surface area (Å²) in [7, 11) is -3.89. The van der Waals surface area contributed by atoms with E-state index in [-0.39, 0.29) is 16.3 Å².